The molecule has 2 rings (SSSR count). The minimum atomic E-state index is -0.298. The zero-order chi connectivity index (χ0) is 14.2. The fourth-order valence-corrected chi connectivity index (χ4v) is 1.73. The summed E-state index contributed by atoms with van der Waals surface area (Å²) >= 11 is 0. The molecule has 0 heterocycles. The Morgan fingerprint density at radius 3 is 2.45 bits per heavy atom. The predicted octanol–water partition coefficient (Wildman–Crippen LogP) is 2.56. The summed E-state index contributed by atoms with van der Waals surface area (Å²) in [4.78, 5) is 11.7. The van der Waals surface area contributed by atoms with E-state index in [0.29, 0.717) is 25.3 Å². The first-order valence-corrected chi connectivity index (χ1v) is 6.43. The molecule has 104 valence electrons. The molecule has 0 aliphatic heterocycles. The monoisotopic (exact) mass is 273 g/mol. The van der Waals surface area contributed by atoms with E-state index in [1.54, 1.807) is 12.1 Å². The summed E-state index contributed by atoms with van der Waals surface area (Å²) in [6.45, 7) is 0.773. The molecule has 2 aromatic rings. The van der Waals surface area contributed by atoms with Crippen LogP contribution in [0.3, 0.4) is 0 Å². The summed E-state index contributed by atoms with van der Waals surface area (Å²) in [6.07, 6.45) is 0.359. The Balaban J connectivity index is 1.66. The van der Waals surface area contributed by atoms with Gasteiger partial charge in [-0.25, -0.2) is 4.39 Å². The van der Waals surface area contributed by atoms with Gasteiger partial charge in [0.1, 0.15) is 18.2 Å². The molecule has 0 fully saturated rings. The maximum Gasteiger partial charge on any atom is 0.224 e. The van der Waals surface area contributed by atoms with Crippen molar-refractivity contribution in [3.63, 3.8) is 0 Å². The molecule has 0 aliphatic rings. The van der Waals surface area contributed by atoms with Gasteiger partial charge in [0.05, 0.1) is 13.0 Å². The van der Waals surface area contributed by atoms with Crippen LogP contribution in [0.5, 0.6) is 5.75 Å². The van der Waals surface area contributed by atoms with Crippen LogP contribution in [-0.4, -0.2) is 19.1 Å². The Bertz CT molecular complexity index is 540. The van der Waals surface area contributed by atoms with Crippen molar-refractivity contribution >= 4 is 5.91 Å². The highest BCUT2D eigenvalue weighted by molar-refractivity contribution is 5.78. The molecule has 0 bridgehead atoms. The van der Waals surface area contributed by atoms with Crippen molar-refractivity contribution in [1.82, 2.24) is 5.32 Å². The first-order valence-electron chi connectivity index (χ1n) is 6.43. The van der Waals surface area contributed by atoms with Crippen molar-refractivity contribution < 1.29 is 13.9 Å². The van der Waals surface area contributed by atoms with Crippen molar-refractivity contribution in [3.05, 3.63) is 66.0 Å². The Morgan fingerprint density at radius 1 is 1.05 bits per heavy atom. The normalized spacial score (nSPS) is 10.1. The van der Waals surface area contributed by atoms with E-state index < -0.39 is 0 Å². The Hall–Kier alpha value is -2.36. The maximum absolute atomic E-state index is 12.7. The van der Waals surface area contributed by atoms with Crippen LogP contribution in [0, 0.1) is 5.82 Å². The molecule has 3 nitrogen and oxygen atoms in total. The zero-order valence-corrected chi connectivity index (χ0v) is 11.0. The van der Waals surface area contributed by atoms with Crippen molar-refractivity contribution in [2.45, 2.75) is 6.42 Å². The molecule has 1 amide bonds. The Kier molecular flexibility index (Phi) is 5.12. The minimum absolute atomic E-state index is 0.0427. The number of nitrogens with one attached hydrogen (secondary N) is 1. The van der Waals surface area contributed by atoms with Gasteiger partial charge in [0.15, 0.2) is 0 Å². The van der Waals surface area contributed by atoms with Gasteiger partial charge >= 0.3 is 0 Å². The van der Waals surface area contributed by atoms with Gasteiger partial charge in [0.2, 0.25) is 5.91 Å². The zero-order valence-electron chi connectivity index (χ0n) is 11.0. The number of benzene rings is 2. The number of amides is 1. The molecule has 2 aromatic carbocycles. The predicted molar refractivity (Wildman–Crippen MR) is 75.1 cm³/mol. The molecule has 0 aliphatic carbocycles. The lowest BCUT2D eigenvalue weighted by atomic mass is 10.1. The minimum Gasteiger partial charge on any atom is -0.492 e. The number of hydrogen-bond acceptors (Lipinski definition) is 2. The van der Waals surface area contributed by atoms with E-state index in [9.17, 15) is 9.18 Å². The molecule has 0 saturated carbocycles. The van der Waals surface area contributed by atoms with Crippen LogP contribution in [0.1, 0.15) is 5.56 Å². The van der Waals surface area contributed by atoms with Crippen LogP contribution >= 0.6 is 0 Å². The number of rotatable bonds is 6. The largest absolute Gasteiger partial charge is 0.492 e. The van der Waals surface area contributed by atoms with Crippen LogP contribution < -0.4 is 10.1 Å². The molecule has 0 saturated heterocycles. The lowest BCUT2D eigenvalue weighted by Gasteiger charge is -2.07. The average Bonchev–Trinajstić information content (AvgIpc) is 2.46. The van der Waals surface area contributed by atoms with Crippen molar-refractivity contribution in [2.75, 3.05) is 13.2 Å². The summed E-state index contributed by atoms with van der Waals surface area (Å²) in [6, 6.07) is 15.3. The number of carbonyl (C=O) groups is 1. The smallest absolute Gasteiger partial charge is 0.224 e. The van der Waals surface area contributed by atoms with E-state index in [1.807, 2.05) is 30.3 Å². The fourth-order valence-electron chi connectivity index (χ4n) is 1.73. The van der Waals surface area contributed by atoms with E-state index in [2.05, 4.69) is 5.32 Å². The molecule has 0 aromatic heterocycles. The van der Waals surface area contributed by atoms with Gasteiger partial charge in [-0.1, -0.05) is 30.3 Å². The summed E-state index contributed by atoms with van der Waals surface area (Å²) in [5, 5.41) is 2.77. The third-order valence-corrected chi connectivity index (χ3v) is 2.71. The molecule has 0 spiro atoms. The van der Waals surface area contributed by atoms with Gasteiger partial charge in [-0.2, -0.15) is 0 Å². The molecule has 4 heteroatoms. The lowest BCUT2D eigenvalue weighted by Crippen LogP contribution is -2.29. The maximum atomic E-state index is 12.7. The summed E-state index contributed by atoms with van der Waals surface area (Å²) in [5.74, 6) is 0.246. The second-order valence-electron chi connectivity index (χ2n) is 4.31. The van der Waals surface area contributed by atoms with Gasteiger partial charge < -0.3 is 10.1 Å². The van der Waals surface area contributed by atoms with Gasteiger partial charge in [0, 0.05) is 0 Å². The fraction of sp³-hybridized carbons (Fsp3) is 0.188. The van der Waals surface area contributed by atoms with Crippen LogP contribution in [-0.2, 0) is 11.2 Å². The number of ether oxygens (including phenoxy) is 1. The second-order valence-corrected chi connectivity index (χ2v) is 4.31. The van der Waals surface area contributed by atoms with Crippen LogP contribution in [0.15, 0.2) is 54.6 Å². The highest BCUT2D eigenvalue weighted by atomic mass is 19.1. The van der Waals surface area contributed by atoms with E-state index in [1.165, 1.54) is 12.1 Å². The molecule has 1 N–H and O–H groups in total. The highest BCUT2D eigenvalue weighted by Crippen LogP contribution is 2.10. The molecule has 0 radical (unpaired) electrons. The van der Waals surface area contributed by atoms with Gasteiger partial charge in [-0.15, -0.1) is 0 Å². The van der Waals surface area contributed by atoms with Gasteiger partial charge in [0.25, 0.3) is 0 Å². The standard InChI is InChI=1S/C16H16FNO2/c17-14-6-8-15(9-7-14)20-11-10-18-16(19)12-13-4-2-1-3-5-13/h1-9H,10-12H2,(H,18,19). The number of carbonyl (C=O) groups excluding carboxylic acids is 1. The van der Waals surface area contributed by atoms with E-state index >= 15 is 0 Å². The van der Waals surface area contributed by atoms with Gasteiger partial charge in [-0.3, -0.25) is 4.79 Å². The summed E-state index contributed by atoms with van der Waals surface area (Å²) in [5.41, 5.74) is 0.976. The van der Waals surface area contributed by atoms with E-state index in [-0.39, 0.29) is 11.7 Å². The van der Waals surface area contributed by atoms with Crippen molar-refractivity contribution in [3.8, 4) is 5.75 Å². The number of halogens is 1. The molecule has 0 unspecified atom stereocenters. The lowest BCUT2D eigenvalue weighted by molar-refractivity contribution is -0.120. The van der Waals surface area contributed by atoms with Crippen LogP contribution in [0.2, 0.25) is 0 Å². The number of hydrogen-bond donors (Lipinski definition) is 1. The third kappa shape index (κ3) is 4.72. The second kappa shape index (κ2) is 7.28. The van der Waals surface area contributed by atoms with Crippen LogP contribution in [0.25, 0.3) is 0 Å². The molecule has 20 heavy (non-hydrogen) atoms. The van der Waals surface area contributed by atoms with E-state index in [4.69, 9.17) is 4.74 Å². The first kappa shape index (κ1) is 14.1. The average molecular weight is 273 g/mol. The quantitative estimate of drug-likeness (QED) is 0.821. The summed E-state index contributed by atoms with van der Waals surface area (Å²) in [7, 11) is 0. The van der Waals surface area contributed by atoms with Crippen LogP contribution in [0.4, 0.5) is 4.39 Å². The summed E-state index contributed by atoms with van der Waals surface area (Å²) < 4.78 is 18.1. The Labute approximate surface area is 117 Å². The van der Waals surface area contributed by atoms with Crippen molar-refractivity contribution in [2.24, 2.45) is 0 Å². The first-order chi connectivity index (χ1) is 9.74. The molecular formula is C16H16FNO2. The molecule has 0 atom stereocenters. The topological polar surface area (TPSA) is 38.3 Å². The van der Waals surface area contributed by atoms with Gasteiger partial charge in [-0.05, 0) is 29.8 Å². The SMILES string of the molecule is O=C(Cc1ccccc1)NCCOc1ccc(F)cc1. The van der Waals surface area contributed by atoms with Crippen molar-refractivity contribution in [1.29, 1.82) is 0 Å². The molecular weight excluding hydrogens is 257 g/mol. The highest BCUT2D eigenvalue weighted by Gasteiger charge is 2.02. The third-order valence-electron chi connectivity index (χ3n) is 2.71. The van der Waals surface area contributed by atoms with E-state index in [0.717, 1.165) is 5.56 Å². The Morgan fingerprint density at radius 2 is 1.75 bits per heavy atom.